The van der Waals surface area contributed by atoms with Crippen LogP contribution in [0.3, 0.4) is 0 Å². The van der Waals surface area contributed by atoms with Crippen LogP contribution in [0.15, 0.2) is 48.5 Å². The normalized spacial score (nSPS) is 15.6. The summed E-state index contributed by atoms with van der Waals surface area (Å²) in [7, 11) is 0. The molecule has 0 spiro atoms. The first-order chi connectivity index (χ1) is 16.3. The number of ether oxygens (including phenoxy) is 1. The molecule has 4 rings (SSSR count). The number of nitrogens with one attached hydrogen (secondary N) is 1. The first-order valence-electron chi connectivity index (χ1n) is 10.6. The summed E-state index contributed by atoms with van der Waals surface area (Å²) in [5.74, 6) is -0.286. The third-order valence-electron chi connectivity index (χ3n) is 5.42. The molecule has 1 amide bonds. The second-order valence-electron chi connectivity index (χ2n) is 7.84. The topological polar surface area (TPSA) is 79.9 Å². The number of halogens is 4. The van der Waals surface area contributed by atoms with Gasteiger partial charge in [-0.2, -0.15) is 23.5 Å². The van der Waals surface area contributed by atoms with Gasteiger partial charge in [-0.25, -0.2) is 4.68 Å². The highest BCUT2D eigenvalue weighted by Gasteiger charge is 2.32. The van der Waals surface area contributed by atoms with Crippen molar-refractivity contribution in [3.05, 3.63) is 64.8 Å². The van der Waals surface area contributed by atoms with E-state index in [1.54, 1.807) is 53.2 Å². The van der Waals surface area contributed by atoms with Crippen molar-refractivity contribution in [3.63, 3.8) is 0 Å². The van der Waals surface area contributed by atoms with Gasteiger partial charge in [-0.05, 0) is 37.1 Å². The molecule has 1 atom stereocenters. The molecule has 2 heterocycles. The highest BCUT2D eigenvalue weighted by molar-refractivity contribution is 6.32. The van der Waals surface area contributed by atoms with Crippen molar-refractivity contribution in [1.29, 1.82) is 5.26 Å². The van der Waals surface area contributed by atoms with Gasteiger partial charge < -0.3 is 10.1 Å². The number of alkyl halides is 3. The second-order valence-corrected chi connectivity index (χ2v) is 8.25. The van der Waals surface area contributed by atoms with E-state index in [9.17, 15) is 18.0 Å². The maximum absolute atomic E-state index is 12.6. The molecule has 1 aromatic heterocycles. The number of nitriles is 1. The minimum atomic E-state index is -4.41. The Kier molecular flexibility index (Phi) is 6.80. The Balaban J connectivity index is 1.79. The summed E-state index contributed by atoms with van der Waals surface area (Å²) in [6.45, 7) is 0.347. The molecular formula is C24H20ClF3N4O2. The molecule has 2 aromatic carbocycles. The van der Waals surface area contributed by atoms with Crippen LogP contribution in [0.25, 0.3) is 16.9 Å². The van der Waals surface area contributed by atoms with Crippen LogP contribution in [0.5, 0.6) is 5.75 Å². The van der Waals surface area contributed by atoms with Crippen molar-refractivity contribution in [1.82, 2.24) is 15.1 Å². The van der Waals surface area contributed by atoms with Crippen LogP contribution >= 0.6 is 11.6 Å². The van der Waals surface area contributed by atoms with Gasteiger partial charge in [-0.15, -0.1) is 0 Å². The first kappa shape index (κ1) is 23.6. The Hall–Kier alpha value is -3.51. The second kappa shape index (κ2) is 9.77. The number of benzene rings is 2. The van der Waals surface area contributed by atoms with Gasteiger partial charge in [0.25, 0.3) is 0 Å². The van der Waals surface area contributed by atoms with Gasteiger partial charge in [0.1, 0.15) is 11.4 Å². The van der Waals surface area contributed by atoms with Crippen molar-refractivity contribution >= 4 is 17.5 Å². The van der Waals surface area contributed by atoms with E-state index in [2.05, 4.69) is 11.4 Å². The standard InChI is InChI=1S/C24H20ClF3N4O2/c25-17-4-1-2-6-19(17)32-22(16-9-7-15(14-29)8-10-16)23-21(31-32)18(5-3-13-34-23)30-20(33)11-12-24(26,27)28/h1-2,4,6-10,18H,3,5,11-13H2,(H,30,33). The molecule has 0 radical (unpaired) electrons. The van der Waals surface area contributed by atoms with Crippen LogP contribution in [-0.4, -0.2) is 28.5 Å². The number of aromatic nitrogens is 2. The molecule has 34 heavy (non-hydrogen) atoms. The Morgan fingerprint density at radius 3 is 2.65 bits per heavy atom. The number of amides is 1. The van der Waals surface area contributed by atoms with Gasteiger partial charge in [0.2, 0.25) is 5.91 Å². The SMILES string of the molecule is N#Cc1ccc(-c2c3c(nn2-c2ccccc2Cl)C(NC(=O)CCC(F)(F)F)CCCO3)cc1. The molecule has 1 aliphatic heterocycles. The molecule has 1 N–H and O–H groups in total. The number of hydrogen-bond donors (Lipinski definition) is 1. The minimum Gasteiger partial charge on any atom is -0.489 e. The number of rotatable bonds is 5. The summed E-state index contributed by atoms with van der Waals surface area (Å²) < 4.78 is 45.4. The van der Waals surface area contributed by atoms with Crippen LogP contribution in [0.2, 0.25) is 5.02 Å². The average Bonchev–Trinajstić information content (AvgIpc) is 3.08. The fourth-order valence-corrected chi connectivity index (χ4v) is 4.02. The number of carbonyl (C=O) groups excluding carboxylic acids is 1. The Morgan fingerprint density at radius 2 is 1.97 bits per heavy atom. The maximum atomic E-state index is 12.6. The zero-order valence-corrected chi connectivity index (χ0v) is 18.7. The molecule has 1 unspecified atom stereocenters. The number of fused-ring (bicyclic) bond motifs is 1. The van der Waals surface area contributed by atoms with Crippen molar-refractivity contribution in [2.24, 2.45) is 0 Å². The molecule has 176 valence electrons. The van der Waals surface area contributed by atoms with Gasteiger partial charge in [0.15, 0.2) is 5.75 Å². The smallest absolute Gasteiger partial charge is 0.389 e. The molecule has 6 nitrogen and oxygen atoms in total. The van der Waals surface area contributed by atoms with E-state index in [4.69, 9.17) is 26.7 Å². The molecule has 0 bridgehead atoms. The van der Waals surface area contributed by atoms with Gasteiger partial charge in [-0.1, -0.05) is 35.9 Å². The van der Waals surface area contributed by atoms with E-state index in [0.717, 1.165) is 0 Å². The predicted molar refractivity (Wildman–Crippen MR) is 120 cm³/mol. The summed E-state index contributed by atoms with van der Waals surface area (Å²) in [5, 5.41) is 17.0. The summed E-state index contributed by atoms with van der Waals surface area (Å²) in [6, 6.07) is 15.4. The fraction of sp³-hybridized carbons (Fsp3) is 0.292. The molecular weight excluding hydrogens is 469 g/mol. The summed E-state index contributed by atoms with van der Waals surface area (Å²) in [6.07, 6.45) is -5.23. The predicted octanol–water partition coefficient (Wildman–Crippen LogP) is 5.74. The summed E-state index contributed by atoms with van der Waals surface area (Å²) in [5.41, 5.74) is 2.75. The number of nitrogens with zero attached hydrogens (tertiary/aromatic N) is 3. The van der Waals surface area contributed by atoms with Crippen molar-refractivity contribution < 1.29 is 22.7 Å². The monoisotopic (exact) mass is 488 g/mol. The molecule has 0 fully saturated rings. The van der Waals surface area contributed by atoms with Crippen molar-refractivity contribution in [2.75, 3.05) is 6.61 Å². The lowest BCUT2D eigenvalue weighted by atomic mass is 10.0. The van der Waals surface area contributed by atoms with E-state index in [-0.39, 0.29) is 0 Å². The third-order valence-corrected chi connectivity index (χ3v) is 5.74. The van der Waals surface area contributed by atoms with E-state index in [0.29, 0.717) is 58.4 Å². The zero-order valence-electron chi connectivity index (χ0n) is 17.9. The van der Waals surface area contributed by atoms with E-state index in [1.165, 1.54) is 0 Å². The fourth-order valence-electron chi connectivity index (χ4n) is 3.81. The largest absolute Gasteiger partial charge is 0.489 e. The zero-order chi connectivity index (χ0) is 24.3. The van der Waals surface area contributed by atoms with E-state index in [1.807, 2.05) is 0 Å². The lowest BCUT2D eigenvalue weighted by Crippen LogP contribution is -2.29. The van der Waals surface area contributed by atoms with Gasteiger partial charge in [0.05, 0.1) is 41.4 Å². The van der Waals surface area contributed by atoms with Crippen LogP contribution in [-0.2, 0) is 4.79 Å². The van der Waals surface area contributed by atoms with Crippen LogP contribution < -0.4 is 10.1 Å². The molecule has 3 aromatic rings. The minimum absolute atomic E-state index is 0.347. The number of para-hydroxylation sites is 1. The number of hydrogen-bond acceptors (Lipinski definition) is 4. The molecule has 0 saturated heterocycles. The Bertz CT molecular complexity index is 1230. The van der Waals surface area contributed by atoms with E-state index < -0.39 is 31.0 Å². The highest BCUT2D eigenvalue weighted by Crippen LogP contribution is 2.42. The van der Waals surface area contributed by atoms with Gasteiger partial charge in [0, 0.05) is 12.0 Å². The number of carbonyl (C=O) groups is 1. The van der Waals surface area contributed by atoms with Gasteiger partial charge in [-0.3, -0.25) is 4.79 Å². The molecule has 0 aliphatic carbocycles. The lowest BCUT2D eigenvalue weighted by Gasteiger charge is -2.15. The summed E-state index contributed by atoms with van der Waals surface area (Å²) >= 11 is 6.45. The van der Waals surface area contributed by atoms with Crippen LogP contribution in [0.4, 0.5) is 13.2 Å². The Labute approximate surface area is 198 Å². The van der Waals surface area contributed by atoms with Crippen molar-refractivity contribution in [3.8, 4) is 28.8 Å². The third kappa shape index (κ3) is 5.18. The van der Waals surface area contributed by atoms with Crippen LogP contribution in [0, 0.1) is 11.3 Å². The molecule has 1 aliphatic rings. The maximum Gasteiger partial charge on any atom is 0.389 e. The average molecular weight is 489 g/mol. The van der Waals surface area contributed by atoms with E-state index >= 15 is 0 Å². The molecule has 10 heteroatoms. The summed E-state index contributed by atoms with van der Waals surface area (Å²) in [4.78, 5) is 12.3. The lowest BCUT2D eigenvalue weighted by molar-refractivity contribution is -0.144. The van der Waals surface area contributed by atoms with Crippen molar-refractivity contribution in [2.45, 2.75) is 37.9 Å². The highest BCUT2D eigenvalue weighted by atomic mass is 35.5. The molecule has 0 saturated carbocycles. The van der Waals surface area contributed by atoms with Gasteiger partial charge >= 0.3 is 6.18 Å². The quantitative estimate of drug-likeness (QED) is 0.497. The van der Waals surface area contributed by atoms with Crippen LogP contribution in [0.1, 0.15) is 43.0 Å². The Morgan fingerprint density at radius 1 is 1.24 bits per heavy atom. The first-order valence-corrected chi connectivity index (χ1v) is 11.0.